The van der Waals surface area contributed by atoms with Crippen molar-refractivity contribution in [1.29, 1.82) is 0 Å². The molecule has 104 valence electrons. The summed E-state index contributed by atoms with van der Waals surface area (Å²) in [6.07, 6.45) is 6.81. The van der Waals surface area contributed by atoms with Crippen LogP contribution in [0.15, 0.2) is 24.3 Å². The van der Waals surface area contributed by atoms with Gasteiger partial charge in [-0.2, -0.15) is 0 Å². The van der Waals surface area contributed by atoms with E-state index < -0.39 is 0 Å². The summed E-state index contributed by atoms with van der Waals surface area (Å²) in [5, 5.41) is 4.21. The molecule has 1 N–H and O–H groups in total. The van der Waals surface area contributed by atoms with Crippen LogP contribution in [0.2, 0.25) is 0 Å². The molecule has 0 bridgehead atoms. The minimum Gasteiger partial charge on any atom is -0.347 e. The second-order valence-electron chi connectivity index (χ2n) is 5.42. The molecule has 1 aliphatic carbocycles. The third kappa shape index (κ3) is 3.38. The lowest BCUT2D eigenvalue weighted by molar-refractivity contribution is -0.121. The summed E-state index contributed by atoms with van der Waals surface area (Å²) >= 11 is 3.53. The van der Waals surface area contributed by atoms with Crippen molar-refractivity contribution in [2.24, 2.45) is 0 Å². The third-order valence-corrected chi connectivity index (χ3v) is 4.42. The second kappa shape index (κ2) is 6.56. The summed E-state index contributed by atoms with van der Waals surface area (Å²) in [5.74, 6) is 0.0792. The zero-order valence-corrected chi connectivity index (χ0v) is 13.1. The number of amides is 1. The average Bonchev–Trinajstić information content (AvgIpc) is 2.40. The fourth-order valence-corrected chi connectivity index (χ4v) is 3.69. The van der Waals surface area contributed by atoms with E-state index in [1.54, 1.807) is 6.92 Å². The van der Waals surface area contributed by atoms with E-state index in [0.717, 1.165) is 24.6 Å². The van der Waals surface area contributed by atoms with E-state index in [1.807, 2.05) is 0 Å². The highest BCUT2D eigenvalue weighted by Gasteiger charge is 2.35. The monoisotopic (exact) mass is 323 g/mol. The van der Waals surface area contributed by atoms with Crippen LogP contribution in [0.1, 0.15) is 50.2 Å². The first-order chi connectivity index (χ1) is 9.18. The predicted octanol–water partition coefficient (Wildman–Crippen LogP) is 3.92. The Bertz CT molecular complexity index is 438. The Morgan fingerprint density at radius 3 is 2.58 bits per heavy atom. The van der Waals surface area contributed by atoms with Crippen LogP contribution in [0.25, 0.3) is 0 Å². The van der Waals surface area contributed by atoms with E-state index in [0.29, 0.717) is 0 Å². The Kier molecular flexibility index (Phi) is 5.03. The van der Waals surface area contributed by atoms with Crippen LogP contribution in [0.5, 0.6) is 0 Å². The smallest absolute Gasteiger partial charge is 0.217 e. The Morgan fingerprint density at radius 2 is 1.95 bits per heavy atom. The molecule has 0 aromatic heterocycles. The molecule has 1 saturated carbocycles. The molecule has 1 fully saturated rings. The van der Waals surface area contributed by atoms with Gasteiger partial charge in [-0.3, -0.25) is 4.79 Å². The lowest BCUT2D eigenvalue weighted by Crippen LogP contribution is -2.47. The average molecular weight is 324 g/mol. The molecular formula is C16H22BrNO. The van der Waals surface area contributed by atoms with Crippen LogP contribution < -0.4 is 5.32 Å². The van der Waals surface area contributed by atoms with Crippen molar-refractivity contribution >= 4 is 21.8 Å². The highest BCUT2D eigenvalue weighted by atomic mass is 79.9. The zero-order valence-electron chi connectivity index (χ0n) is 11.5. The summed E-state index contributed by atoms with van der Waals surface area (Å²) in [7, 11) is 0. The molecule has 1 aromatic carbocycles. The number of carbonyl (C=O) groups excluding carboxylic acids is 1. The fraction of sp³-hybridized carbons (Fsp3) is 0.562. The van der Waals surface area contributed by atoms with Crippen LogP contribution in [0.3, 0.4) is 0 Å². The van der Waals surface area contributed by atoms with Gasteiger partial charge in [0.25, 0.3) is 0 Å². The SMILES string of the molecule is CC(=O)NC1(c2ccccc2CCBr)CCCCC1. The molecule has 1 aromatic rings. The summed E-state index contributed by atoms with van der Waals surface area (Å²) in [5.41, 5.74) is 2.54. The number of benzene rings is 1. The van der Waals surface area contributed by atoms with Gasteiger partial charge in [0.2, 0.25) is 5.91 Å². The molecule has 1 aliphatic rings. The van der Waals surface area contributed by atoms with Crippen LogP contribution in [-0.2, 0) is 16.8 Å². The molecule has 19 heavy (non-hydrogen) atoms. The number of hydrogen-bond donors (Lipinski definition) is 1. The van der Waals surface area contributed by atoms with Crippen molar-refractivity contribution < 1.29 is 4.79 Å². The zero-order chi connectivity index (χ0) is 13.7. The van der Waals surface area contributed by atoms with Crippen LogP contribution >= 0.6 is 15.9 Å². The summed E-state index contributed by atoms with van der Waals surface area (Å²) in [4.78, 5) is 11.6. The van der Waals surface area contributed by atoms with Crippen LogP contribution in [0, 0.1) is 0 Å². The van der Waals surface area contributed by atoms with Crippen molar-refractivity contribution in [1.82, 2.24) is 5.32 Å². The van der Waals surface area contributed by atoms with E-state index in [-0.39, 0.29) is 11.4 Å². The Morgan fingerprint density at radius 1 is 1.26 bits per heavy atom. The van der Waals surface area contributed by atoms with Gasteiger partial charge in [0, 0.05) is 12.3 Å². The third-order valence-electron chi connectivity index (χ3n) is 4.02. The highest BCUT2D eigenvalue weighted by molar-refractivity contribution is 9.09. The molecular weight excluding hydrogens is 302 g/mol. The quantitative estimate of drug-likeness (QED) is 0.836. The molecule has 0 atom stereocenters. The van der Waals surface area contributed by atoms with Gasteiger partial charge in [-0.1, -0.05) is 59.5 Å². The summed E-state index contributed by atoms with van der Waals surface area (Å²) < 4.78 is 0. The molecule has 0 saturated heterocycles. The molecule has 0 heterocycles. The predicted molar refractivity (Wildman–Crippen MR) is 82.5 cm³/mol. The van der Waals surface area contributed by atoms with Gasteiger partial charge in [0.15, 0.2) is 0 Å². The molecule has 3 heteroatoms. The van der Waals surface area contributed by atoms with Crippen molar-refractivity contribution in [3.8, 4) is 0 Å². The molecule has 0 spiro atoms. The van der Waals surface area contributed by atoms with E-state index in [2.05, 4.69) is 45.5 Å². The van der Waals surface area contributed by atoms with Gasteiger partial charge in [-0.05, 0) is 30.4 Å². The van der Waals surface area contributed by atoms with Gasteiger partial charge in [0.1, 0.15) is 0 Å². The molecule has 2 rings (SSSR count). The first-order valence-corrected chi connectivity index (χ1v) is 8.23. The van der Waals surface area contributed by atoms with Crippen molar-refractivity contribution in [3.63, 3.8) is 0 Å². The van der Waals surface area contributed by atoms with Crippen molar-refractivity contribution in [3.05, 3.63) is 35.4 Å². The van der Waals surface area contributed by atoms with Crippen molar-refractivity contribution in [2.75, 3.05) is 5.33 Å². The fourth-order valence-electron chi connectivity index (χ4n) is 3.26. The molecule has 0 unspecified atom stereocenters. The van der Waals surface area contributed by atoms with E-state index >= 15 is 0 Å². The normalized spacial score (nSPS) is 18.0. The lowest BCUT2D eigenvalue weighted by atomic mass is 9.74. The van der Waals surface area contributed by atoms with Gasteiger partial charge in [0.05, 0.1) is 5.54 Å². The molecule has 0 radical (unpaired) electrons. The van der Waals surface area contributed by atoms with E-state index in [9.17, 15) is 4.79 Å². The number of carbonyl (C=O) groups is 1. The van der Waals surface area contributed by atoms with Gasteiger partial charge in [-0.25, -0.2) is 0 Å². The minimum atomic E-state index is -0.136. The molecule has 0 aliphatic heterocycles. The summed E-state index contributed by atoms with van der Waals surface area (Å²) in [6, 6.07) is 8.56. The van der Waals surface area contributed by atoms with E-state index in [1.165, 1.54) is 30.4 Å². The Hall–Kier alpha value is -0.830. The highest BCUT2D eigenvalue weighted by Crippen LogP contribution is 2.38. The van der Waals surface area contributed by atoms with Gasteiger partial charge in [-0.15, -0.1) is 0 Å². The molecule has 2 nitrogen and oxygen atoms in total. The minimum absolute atomic E-state index is 0.0792. The maximum Gasteiger partial charge on any atom is 0.217 e. The number of rotatable bonds is 4. The first kappa shape index (κ1) is 14.6. The standard InChI is InChI=1S/C16H22BrNO/c1-13(19)18-16(10-5-2-6-11-16)15-8-4-3-7-14(15)9-12-17/h3-4,7-8H,2,5-6,9-12H2,1H3,(H,18,19). The largest absolute Gasteiger partial charge is 0.347 e. The topological polar surface area (TPSA) is 29.1 Å². The molecule has 1 amide bonds. The Labute approximate surface area is 124 Å². The van der Waals surface area contributed by atoms with Gasteiger partial charge < -0.3 is 5.32 Å². The number of halogens is 1. The Balaban J connectivity index is 2.39. The first-order valence-electron chi connectivity index (χ1n) is 7.11. The van der Waals surface area contributed by atoms with Gasteiger partial charge >= 0.3 is 0 Å². The maximum atomic E-state index is 11.6. The van der Waals surface area contributed by atoms with E-state index in [4.69, 9.17) is 0 Å². The lowest BCUT2D eigenvalue weighted by Gasteiger charge is -2.39. The number of hydrogen-bond acceptors (Lipinski definition) is 1. The second-order valence-corrected chi connectivity index (χ2v) is 6.21. The number of alkyl halides is 1. The number of nitrogens with one attached hydrogen (secondary N) is 1. The number of aryl methyl sites for hydroxylation is 1. The summed E-state index contributed by atoms with van der Waals surface area (Å²) in [6.45, 7) is 1.63. The van der Waals surface area contributed by atoms with Crippen molar-refractivity contribution in [2.45, 2.75) is 51.0 Å². The van der Waals surface area contributed by atoms with Crippen LogP contribution in [-0.4, -0.2) is 11.2 Å². The van der Waals surface area contributed by atoms with Crippen LogP contribution in [0.4, 0.5) is 0 Å². The maximum absolute atomic E-state index is 11.6.